The fourth-order valence-electron chi connectivity index (χ4n) is 3.68. The van der Waals surface area contributed by atoms with Crippen LogP contribution in [-0.2, 0) is 14.8 Å². The molecule has 160 valence electrons. The summed E-state index contributed by atoms with van der Waals surface area (Å²) in [5, 5.41) is 5.63. The third-order valence-electron chi connectivity index (χ3n) is 5.18. The molecule has 0 atom stereocenters. The van der Waals surface area contributed by atoms with Crippen LogP contribution in [-0.4, -0.2) is 43.7 Å². The lowest BCUT2D eigenvalue weighted by Gasteiger charge is -2.32. The highest BCUT2D eigenvalue weighted by molar-refractivity contribution is 7.89. The van der Waals surface area contributed by atoms with Gasteiger partial charge in [0.2, 0.25) is 15.9 Å². The second kappa shape index (κ2) is 8.97. The summed E-state index contributed by atoms with van der Waals surface area (Å²) in [5.74, 6) is -0.442. The third-order valence-corrected chi connectivity index (χ3v) is 7.24. The van der Waals surface area contributed by atoms with Crippen molar-refractivity contribution in [1.82, 2.24) is 9.62 Å². The lowest BCUT2D eigenvalue weighted by Crippen LogP contribution is -2.46. The van der Waals surface area contributed by atoms with Gasteiger partial charge in [0.1, 0.15) is 0 Å². The summed E-state index contributed by atoms with van der Waals surface area (Å²) in [6.07, 6.45) is 1.09. The molecule has 1 aliphatic heterocycles. The van der Waals surface area contributed by atoms with Gasteiger partial charge in [-0.25, -0.2) is 8.42 Å². The molecule has 2 aromatic carbocycles. The van der Waals surface area contributed by atoms with E-state index in [0.29, 0.717) is 42.1 Å². The Balaban J connectivity index is 1.62. The number of carbonyl (C=O) groups is 2. The number of benzene rings is 2. The first kappa shape index (κ1) is 22.0. The van der Waals surface area contributed by atoms with Crippen molar-refractivity contribution in [3.05, 3.63) is 59.2 Å². The number of aryl methyl sites for hydroxylation is 2. The number of nitrogens with zero attached hydrogens (tertiary/aromatic N) is 1. The van der Waals surface area contributed by atoms with Gasteiger partial charge in [-0.1, -0.05) is 23.8 Å². The number of nitrogens with one attached hydrogen (secondary N) is 2. The maximum Gasteiger partial charge on any atom is 0.251 e. The molecule has 3 rings (SSSR count). The molecule has 0 radical (unpaired) electrons. The average molecular weight is 430 g/mol. The van der Waals surface area contributed by atoms with E-state index in [0.717, 1.165) is 11.1 Å². The van der Waals surface area contributed by atoms with Crippen molar-refractivity contribution in [2.75, 3.05) is 18.4 Å². The van der Waals surface area contributed by atoms with Crippen LogP contribution in [0.1, 0.15) is 41.3 Å². The molecule has 2 N–H and O–H groups in total. The Kier molecular flexibility index (Phi) is 6.58. The van der Waals surface area contributed by atoms with Crippen LogP contribution < -0.4 is 10.6 Å². The molecule has 2 amide bonds. The van der Waals surface area contributed by atoms with Crippen molar-refractivity contribution >= 4 is 27.5 Å². The van der Waals surface area contributed by atoms with Crippen LogP contribution in [0.25, 0.3) is 0 Å². The summed E-state index contributed by atoms with van der Waals surface area (Å²) >= 11 is 0. The van der Waals surface area contributed by atoms with Gasteiger partial charge in [0.25, 0.3) is 5.91 Å². The Bertz CT molecular complexity index is 1060. The number of anilines is 1. The van der Waals surface area contributed by atoms with Gasteiger partial charge in [-0.3, -0.25) is 9.59 Å². The summed E-state index contributed by atoms with van der Waals surface area (Å²) in [7, 11) is -3.55. The predicted octanol–water partition coefficient (Wildman–Crippen LogP) is 2.84. The van der Waals surface area contributed by atoms with Crippen molar-refractivity contribution < 1.29 is 18.0 Å². The Morgan fingerprint density at radius 2 is 1.73 bits per heavy atom. The van der Waals surface area contributed by atoms with Gasteiger partial charge in [0.15, 0.2) is 0 Å². The zero-order chi connectivity index (χ0) is 21.9. The fraction of sp³-hybridized carbons (Fsp3) is 0.364. The Morgan fingerprint density at radius 3 is 2.37 bits per heavy atom. The number of carbonyl (C=O) groups excluding carboxylic acids is 2. The zero-order valence-corrected chi connectivity index (χ0v) is 18.3. The minimum absolute atomic E-state index is 0.104. The average Bonchev–Trinajstić information content (AvgIpc) is 2.68. The van der Waals surface area contributed by atoms with Crippen molar-refractivity contribution in [2.24, 2.45) is 0 Å². The summed E-state index contributed by atoms with van der Waals surface area (Å²) in [6, 6.07) is 12.0. The highest BCUT2D eigenvalue weighted by atomic mass is 32.2. The van der Waals surface area contributed by atoms with E-state index >= 15 is 0 Å². The molecule has 0 spiro atoms. The summed E-state index contributed by atoms with van der Waals surface area (Å²) < 4.78 is 27.5. The quantitative estimate of drug-likeness (QED) is 0.764. The molecule has 0 saturated carbocycles. The minimum atomic E-state index is -3.55. The maximum atomic E-state index is 13.0. The van der Waals surface area contributed by atoms with Gasteiger partial charge in [0.05, 0.1) is 4.90 Å². The molecule has 1 saturated heterocycles. The number of sulfonamides is 1. The Labute approximate surface area is 177 Å². The number of amides is 2. The number of piperidine rings is 1. The molecule has 1 heterocycles. The largest absolute Gasteiger partial charge is 0.349 e. The highest BCUT2D eigenvalue weighted by Crippen LogP contribution is 2.24. The van der Waals surface area contributed by atoms with Crippen molar-refractivity contribution in [2.45, 2.75) is 44.6 Å². The highest BCUT2D eigenvalue weighted by Gasteiger charge is 2.31. The van der Waals surface area contributed by atoms with Crippen LogP contribution in [0.3, 0.4) is 0 Å². The monoisotopic (exact) mass is 429 g/mol. The van der Waals surface area contributed by atoms with Crippen LogP contribution >= 0.6 is 0 Å². The molecule has 30 heavy (non-hydrogen) atoms. The van der Waals surface area contributed by atoms with E-state index in [-0.39, 0.29) is 17.9 Å². The second-order valence-corrected chi connectivity index (χ2v) is 9.59. The Morgan fingerprint density at radius 1 is 1.03 bits per heavy atom. The van der Waals surface area contributed by atoms with E-state index < -0.39 is 10.0 Å². The van der Waals surface area contributed by atoms with Crippen molar-refractivity contribution in [1.29, 1.82) is 0 Å². The standard InChI is InChI=1S/C22H27N3O4S/c1-15-7-8-21(16(2)13-15)30(28,29)25-11-9-19(10-12-25)24-22(27)18-5-4-6-20(14-18)23-17(3)26/h4-8,13-14,19H,9-12H2,1-3H3,(H,23,26)(H,24,27). The molecular formula is C22H27N3O4S. The molecule has 2 aromatic rings. The first-order valence-corrected chi connectivity index (χ1v) is 11.4. The van der Waals surface area contributed by atoms with E-state index in [1.165, 1.54) is 11.2 Å². The van der Waals surface area contributed by atoms with E-state index in [2.05, 4.69) is 10.6 Å². The molecule has 1 fully saturated rings. The number of hydrogen-bond acceptors (Lipinski definition) is 4. The maximum absolute atomic E-state index is 13.0. The number of rotatable bonds is 5. The van der Waals surface area contributed by atoms with E-state index in [1.807, 2.05) is 26.0 Å². The normalized spacial score (nSPS) is 15.6. The predicted molar refractivity (Wildman–Crippen MR) is 116 cm³/mol. The van der Waals surface area contributed by atoms with Gasteiger partial charge in [-0.2, -0.15) is 4.31 Å². The van der Waals surface area contributed by atoms with E-state index in [9.17, 15) is 18.0 Å². The third kappa shape index (κ3) is 5.06. The summed E-state index contributed by atoms with van der Waals surface area (Å²) in [5.41, 5.74) is 2.77. The summed E-state index contributed by atoms with van der Waals surface area (Å²) in [4.78, 5) is 24.1. The number of hydrogen-bond donors (Lipinski definition) is 2. The molecule has 8 heteroatoms. The lowest BCUT2D eigenvalue weighted by molar-refractivity contribution is -0.114. The molecular weight excluding hydrogens is 402 g/mol. The molecule has 7 nitrogen and oxygen atoms in total. The van der Waals surface area contributed by atoms with Gasteiger partial charge < -0.3 is 10.6 Å². The van der Waals surface area contributed by atoms with Crippen LogP contribution in [0.15, 0.2) is 47.4 Å². The van der Waals surface area contributed by atoms with Gasteiger partial charge >= 0.3 is 0 Å². The van der Waals surface area contributed by atoms with E-state index in [1.54, 1.807) is 30.3 Å². The van der Waals surface area contributed by atoms with Gasteiger partial charge in [-0.05, 0) is 56.5 Å². The van der Waals surface area contributed by atoms with Gasteiger partial charge in [0, 0.05) is 37.3 Å². The Hall–Kier alpha value is -2.71. The smallest absolute Gasteiger partial charge is 0.251 e. The lowest BCUT2D eigenvalue weighted by atomic mass is 10.1. The minimum Gasteiger partial charge on any atom is -0.349 e. The first-order chi connectivity index (χ1) is 14.2. The first-order valence-electron chi connectivity index (χ1n) is 9.93. The fourth-order valence-corrected chi connectivity index (χ4v) is 5.35. The zero-order valence-electron chi connectivity index (χ0n) is 17.4. The van der Waals surface area contributed by atoms with E-state index in [4.69, 9.17) is 0 Å². The summed E-state index contributed by atoms with van der Waals surface area (Å²) in [6.45, 7) is 5.86. The topological polar surface area (TPSA) is 95.6 Å². The second-order valence-electron chi connectivity index (χ2n) is 7.68. The van der Waals surface area contributed by atoms with Crippen molar-refractivity contribution in [3.63, 3.8) is 0 Å². The molecule has 0 aromatic heterocycles. The molecule has 0 aliphatic carbocycles. The molecule has 0 unspecified atom stereocenters. The molecule has 1 aliphatic rings. The van der Waals surface area contributed by atoms with Crippen LogP contribution in [0, 0.1) is 13.8 Å². The SMILES string of the molecule is CC(=O)Nc1cccc(C(=O)NC2CCN(S(=O)(=O)c3ccc(C)cc3C)CC2)c1. The van der Waals surface area contributed by atoms with Gasteiger partial charge in [-0.15, -0.1) is 0 Å². The van der Waals surface area contributed by atoms with Crippen LogP contribution in [0.2, 0.25) is 0 Å². The van der Waals surface area contributed by atoms with Crippen LogP contribution in [0.5, 0.6) is 0 Å². The van der Waals surface area contributed by atoms with Crippen LogP contribution in [0.4, 0.5) is 5.69 Å². The molecule has 0 bridgehead atoms. The van der Waals surface area contributed by atoms with Crippen molar-refractivity contribution in [3.8, 4) is 0 Å².